The van der Waals surface area contributed by atoms with E-state index in [1.807, 2.05) is 36.4 Å². The van der Waals surface area contributed by atoms with E-state index in [9.17, 15) is 8.42 Å². The Hall–Kier alpha value is -1.95. The van der Waals surface area contributed by atoms with Crippen LogP contribution in [-0.4, -0.2) is 19.9 Å². The fourth-order valence-corrected chi connectivity index (χ4v) is 3.85. The Morgan fingerprint density at radius 1 is 0.958 bits per heavy atom. The summed E-state index contributed by atoms with van der Waals surface area (Å²) in [4.78, 5) is 4.33. The van der Waals surface area contributed by atoms with E-state index in [0.717, 1.165) is 18.2 Å². The summed E-state index contributed by atoms with van der Waals surface area (Å²) in [6.07, 6.45) is 4.89. The molecule has 6 heteroatoms. The number of aromatic nitrogens is 1. The van der Waals surface area contributed by atoms with Gasteiger partial charge in [0.15, 0.2) is 0 Å². The zero-order chi connectivity index (χ0) is 16.1. The van der Waals surface area contributed by atoms with Crippen LogP contribution in [0.2, 0.25) is 0 Å². The second-order valence-corrected chi connectivity index (χ2v) is 7.08. The van der Waals surface area contributed by atoms with Crippen LogP contribution in [0.3, 0.4) is 0 Å². The van der Waals surface area contributed by atoms with Gasteiger partial charge in [0.1, 0.15) is 0 Å². The Balaban J connectivity index is 0.00000208. The predicted octanol–water partition coefficient (Wildman–Crippen LogP) is 3.57. The average Bonchev–Trinajstić information content (AvgIpc) is 2.59. The Kier molecular flexibility index (Phi) is 6.31. The molecule has 4 nitrogen and oxygen atoms in total. The standard InChI is InChI=1S/C18H18N2O2S.ClH/c21-23(22,20-12-5-8-15-6-2-1-3-7-15)18-10-4-9-16-14-19-13-11-17(16)18;/h1-4,6-7,9-11,13-14,20H,5,8,12H2;1H. The fourth-order valence-electron chi connectivity index (χ4n) is 2.55. The van der Waals surface area contributed by atoms with E-state index >= 15 is 0 Å². The topological polar surface area (TPSA) is 59.1 Å². The van der Waals surface area contributed by atoms with Crippen molar-refractivity contribution in [1.82, 2.24) is 9.71 Å². The largest absolute Gasteiger partial charge is 0.264 e. The van der Waals surface area contributed by atoms with Gasteiger partial charge in [0.25, 0.3) is 0 Å². The van der Waals surface area contributed by atoms with Crippen molar-refractivity contribution in [3.8, 4) is 0 Å². The minimum Gasteiger partial charge on any atom is -0.264 e. The van der Waals surface area contributed by atoms with Gasteiger partial charge in [-0.3, -0.25) is 4.98 Å². The van der Waals surface area contributed by atoms with Gasteiger partial charge in [-0.25, -0.2) is 13.1 Å². The third-order valence-corrected chi connectivity index (χ3v) is 5.23. The predicted molar refractivity (Wildman–Crippen MR) is 98.9 cm³/mol. The molecule has 1 heterocycles. The number of nitrogens with zero attached hydrogens (tertiary/aromatic N) is 1. The molecule has 0 aliphatic rings. The molecule has 0 saturated carbocycles. The number of hydrogen-bond donors (Lipinski definition) is 1. The Labute approximate surface area is 148 Å². The van der Waals surface area contributed by atoms with E-state index in [-0.39, 0.29) is 12.4 Å². The van der Waals surface area contributed by atoms with Gasteiger partial charge in [-0.1, -0.05) is 42.5 Å². The number of rotatable bonds is 6. The molecule has 0 aliphatic heterocycles. The highest BCUT2D eigenvalue weighted by molar-refractivity contribution is 7.89. The van der Waals surface area contributed by atoms with Gasteiger partial charge >= 0.3 is 0 Å². The first-order valence-corrected chi connectivity index (χ1v) is 9.01. The normalized spacial score (nSPS) is 11.2. The lowest BCUT2D eigenvalue weighted by Gasteiger charge is -2.09. The third-order valence-electron chi connectivity index (χ3n) is 3.71. The molecular weight excluding hydrogens is 344 g/mol. The lowest BCUT2D eigenvalue weighted by molar-refractivity contribution is 0.580. The summed E-state index contributed by atoms with van der Waals surface area (Å²) < 4.78 is 27.7. The van der Waals surface area contributed by atoms with Crippen molar-refractivity contribution in [2.75, 3.05) is 6.54 Å². The van der Waals surface area contributed by atoms with Gasteiger partial charge in [-0.15, -0.1) is 12.4 Å². The summed E-state index contributed by atoms with van der Waals surface area (Å²) in [6.45, 7) is 0.415. The molecule has 2 aromatic carbocycles. The molecule has 3 aromatic rings. The van der Waals surface area contributed by atoms with Gasteiger partial charge < -0.3 is 0 Å². The molecule has 0 fully saturated rings. The third kappa shape index (κ3) is 4.32. The molecule has 126 valence electrons. The number of aryl methyl sites for hydroxylation is 1. The quantitative estimate of drug-likeness (QED) is 0.682. The second-order valence-electron chi connectivity index (χ2n) is 5.34. The van der Waals surface area contributed by atoms with Crippen molar-refractivity contribution >= 4 is 33.2 Å². The summed E-state index contributed by atoms with van der Waals surface area (Å²) in [6, 6.07) is 17.0. The van der Waals surface area contributed by atoms with E-state index < -0.39 is 10.0 Å². The van der Waals surface area contributed by atoms with E-state index in [1.165, 1.54) is 5.56 Å². The molecule has 24 heavy (non-hydrogen) atoms. The second kappa shape index (κ2) is 8.24. The van der Waals surface area contributed by atoms with Crippen LogP contribution in [0.4, 0.5) is 0 Å². The number of hydrogen-bond acceptors (Lipinski definition) is 3. The summed E-state index contributed by atoms with van der Waals surface area (Å²) in [5.41, 5.74) is 1.21. The molecule has 0 spiro atoms. The first kappa shape index (κ1) is 18.4. The maximum Gasteiger partial charge on any atom is 0.241 e. The highest BCUT2D eigenvalue weighted by Crippen LogP contribution is 2.21. The number of halogens is 1. The van der Waals surface area contributed by atoms with E-state index in [1.54, 1.807) is 30.6 Å². The maximum atomic E-state index is 12.5. The highest BCUT2D eigenvalue weighted by Gasteiger charge is 2.16. The van der Waals surface area contributed by atoms with Crippen LogP contribution in [0, 0.1) is 0 Å². The fraction of sp³-hybridized carbons (Fsp3) is 0.167. The zero-order valence-electron chi connectivity index (χ0n) is 13.1. The van der Waals surface area contributed by atoms with Gasteiger partial charge in [0, 0.05) is 29.7 Å². The number of benzene rings is 2. The Bertz CT molecular complexity index is 894. The molecular formula is C18H19ClN2O2S. The van der Waals surface area contributed by atoms with Crippen LogP contribution in [-0.2, 0) is 16.4 Å². The Morgan fingerprint density at radius 3 is 2.54 bits per heavy atom. The average molecular weight is 363 g/mol. The van der Waals surface area contributed by atoms with Crippen LogP contribution in [0.15, 0.2) is 71.9 Å². The van der Waals surface area contributed by atoms with Gasteiger partial charge in [0.05, 0.1) is 4.90 Å². The minimum atomic E-state index is -3.52. The molecule has 0 atom stereocenters. The molecule has 3 rings (SSSR count). The van der Waals surface area contributed by atoms with Crippen molar-refractivity contribution < 1.29 is 8.42 Å². The first-order valence-electron chi connectivity index (χ1n) is 7.53. The van der Waals surface area contributed by atoms with E-state index in [2.05, 4.69) is 9.71 Å². The first-order chi connectivity index (χ1) is 11.2. The molecule has 0 aliphatic carbocycles. The zero-order valence-corrected chi connectivity index (χ0v) is 14.7. The summed E-state index contributed by atoms with van der Waals surface area (Å²) in [5, 5.41) is 1.51. The molecule has 1 aromatic heterocycles. The minimum absolute atomic E-state index is 0. The lowest BCUT2D eigenvalue weighted by Crippen LogP contribution is -2.25. The van der Waals surface area contributed by atoms with Crippen LogP contribution < -0.4 is 4.72 Å². The van der Waals surface area contributed by atoms with Gasteiger partial charge in [-0.05, 0) is 30.5 Å². The maximum absolute atomic E-state index is 12.5. The lowest BCUT2D eigenvalue weighted by atomic mass is 10.1. The summed E-state index contributed by atoms with van der Waals surface area (Å²) in [7, 11) is -3.52. The summed E-state index contributed by atoms with van der Waals surface area (Å²) >= 11 is 0. The van der Waals surface area contributed by atoms with Crippen molar-refractivity contribution in [3.05, 3.63) is 72.6 Å². The molecule has 0 unspecified atom stereocenters. The van der Waals surface area contributed by atoms with Crippen LogP contribution in [0.25, 0.3) is 10.8 Å². The van der Waals surface area contributed by atoms with Gasteiger partial charge in [0.2, 0.25) is 10.0 Å². The van der Waals surface area contributed by atoms with Crippen LogP contribution >= 0.6 is 12.4 Å². The molecule has 0 radical (unpaired) electrons. The molecule has 0 amide bonds. The van der Waals surface area contributed by atoms with Crippen molar-refractivity contribution in [2.45, 2.75) is 17.7 Å². The summed E-state index contributed by atoms with van der Waals surface area (Å²) in [5.74, 6) is 0. The Morgan fingerprint density at radius 2 is 1.75 bits per heavy atom. The molecule has 0 saturated heterocycles. The van der Waals surface area contributed by atoms with Crippen molar-refractivity contribution in [1.29, 1.82) is 0 Å². The SMILES string of the molecule is Cl.O=S(=O)(NCCCc1ccccc1)c1cccc2cnccc12. The van der Waals surface area contributed by atoms with Gasteiger partial charge in [-0.2, -0.15) is 0 Å². The smallest absolute Gasteiger partial charge is 0.241 e. The number of pyridine rings is 1. The highest BCUT2D eigenvalue weighted by atomic mass is 35.5. The molecule has 1 N–H and O–H groups in total. The van der Waals surface area contributed by atoms with E-state index in [0.29, 0.717) is 16.8 Å². The number of fused-ring (bicyclic) bond motifs is 1. The molecule has 0 bridgehead atoms. The van der Waals surface area contributed by atoms with Crippen LogP contribution in [0.1, 0.15) is 12.0 Å². The van der Waals surface area contributed by atoms with Crippen molar-refractivity contribution in [2.24, 2.45) is 0 Å². The number of nitrogens with one attached hydrogen (secondary N) is 1. The van der Waals surface area contributed by atoms with Crippen LogP contribution in [0.5, 0.6) is 0 Å². The monoisotopic (exact) mass is 362 g/mol. The van der Waals surface area contributed by atoms with E-state index in [4.69, 9.17) is 0 Å². The van der Waals surface area contributed by atoms with Crippen molar-refractivity contribution in [3.63, 3.8) is 0 Å². The number of sulfonamides is 1.